The zero-order valence-corrected chi connectivity index (χ0v) is 12.3. The Bertz CT molecular complexity index is 560. The van der Waals surface area contributed by atoms with Gasteiger partial charge in [0.2, 0.25) is 5.91 Å². The van der Waals surface area contributed by atoms with Crippen LogP contribution in [0.4, 0.5) is 4.39 Å². The second kappa shape index (κ2) is 5.84. The number of aliphatic carboxylic acids is 1. The lowest BCUT2D eigenvalue weighted by atomic mass is 9.81. The molecule has 1 heterocycles. The average Bonchev–Trinajstić information content (AvgIpc) is 2.45. The van der Waals surface area contributed by atoms with Crippen LogP contribution in [-0.4, -0.2) is 35.0 Å². The first-order valence-corrected chi connectivity index (χ1v) is 7.11. The minimum atomic E-state index is -0.893. The Kier molecular flexibility index (Phi) is 4.30. The molecule has 0 bridgehead atoms. The molecule has 1 aliphatic heterocycles. The molecule has 1 aliphatic rings. The predicted octanol–water partition coefficient (Wildman–Crippen LogP) is 2.64. The summed E-state index contributed by atoms with van der Waals surface area (Å²) < 4.78 is 13.3. The minimum Gasteiger partial charge on any atom is -0.481 e. The standard InChI is InChI=1S/C16H20FNO3/c1-11(12-5-3-6-13(17)9-12)14(19)18-8-4-7-16(2,10-18)15(20)21/h3,5-6,9,11H,4,7-8,10H2,1-2H3,(H,20,21). The van der Waals surface area contributed by atoms with E-state index in [2.05, 4.69) is 0 Å². The van der Waals surface area contributed by atoms with Crippen LogP contribution in [0.5, 0.6) is 0 Å². The maximum atomic E-state index is 13.3. The van der Waals surface area contributed by atoms with Gasteiger partial charge in [-0.1, -0.05) is 12.1 Å². The molecule has 0 spiro atoms. The predicted molar refractivity (Wildman–Crippen MR) is 76.4 cm³/mol. The third-order valence-corrected chi connectivity index (χ3v) is 4.24. The van der Waals surface area contributed by atoms with E-state index in [1.807, 2.05) is 0 Å². The van der Waals surface area contributed by atoms with E-state index in [9.17, 15) is 19.1 Å². The molecule has 4 nitrogen and oxygen atoms in total. The number of hydrogen-bond acceptors (Lipinski definition) is 2. The average molecular weight is 293 g/mol. The number of carboxylic acid groups (broad SMARTS) is 1. The Balaban J connectivity index is 2.14. The summed E-state index contributed by atoms with van der Waals surface area (Å²) in [6, 6.07) is 5.98. The summed E-state index contributed by atoms with van der Waals surface area (Å²) in [6.07, 6.45) is 1.24. The van der Waals surface area contributed by atoms with Crippen LogP contribution in [0.25, 0.3) is 0 Å². The number of carboxylic acids is 1. The summed E-state index contributed by atoms with van der Waals surface area (Å²) in [5, 5.41) is 9.30. The van der Waals surface area contributed by atoms with E-state index < -0.39 is 17.3 Å². The van der Waals surface area contributed by atoms with Crippen molar-refractivity contribution < 1.29 is 19.1 Å². The molecule has 1 aromatic rings. The van der Waals surface area contributed by atoms with Crippen LogP contribution in [0.2, 0.25) is 0 Å². The monoisotopic (exact) mass is 293 g/mol. The van der Waals surface area contributed by atoms with Crippen molar-refractivity contribution in [2.24, 2.45) is 5.41 Å². The third kappa shape index (κ3) is 3.23. The van der Waals surface area contributed by atoms with Crippen LogP contribution in [0.15, 0.2) is 24.3 Å². The Morgan fingerprint density at radius 2 is 2.14 bits per heavy atom. The second-order valence-corrected chi connectivity index (χ2v) is 6.01. The van der Waals surface area contributed by atoms with Crippen molar-refractivity contribution in [1.29, 1.82) is 0 Å². The molecule has 1 aromatic carbocycles. The molecule has 2 unspecified atom stereocenters. The number of nitrogens with zero attached hydrogens (tertiary/aromatic N) is 1. The fraction of sp³-hybridized carbons (Fsp3) is 0.500. The Labute approximate surface area is 123 Å². The number of carbonyl (C=O) groups is 2. The zero-order valence-electron chi connectivity index (χ0n) is 12.3. The van der Waals surface area contributed by atoms with E-state index in [0.29, 0.717) is 24.9 Å². The van der Waals surface area contributed by atoms with Gasteiger partial charge >= 0.3 is 5.97 Å². The highest BCUT2D eigenvalue weighted by Crippen LogP contribution is 2.31. The van der Waals surface area contributed by atoms with Crippen molar-refractivity contribution in [3.63, 3.8) is 0 Å². The van der Waals surface area contributed by atoms with E-state index >= 15 is 0 Å². The first-order valence-electron chi connectivity index (χ1n) is 7.11. The maximum Gasteiger partial charge on any atom is 0.311 e. The fourth-order valence-corrected chi connectivity index (χ4v) is 2.79. The largest absolute Gasteiger partial charge is 0.481 e. The lowest BCUT2D eigenvalue weighted by molar-refractivity contribution is -0.153. The van der Waals surface area contributed by atoms with Gasteiger partial charge in [-0.3, -0.25) is 9.59 Å². The molecule has 5 heteroatoms. The van der Waals surface area contributed by atoms with Gasteiger partial charge in [-0.2, -0.15) is 0 Å². The van der Waals surface area contributed by atoms with E-state index in [1.54, 1.807) is 30.9 Å². The zero-order chi connectivity index (χ0) is 15.6. The van der Waals surface area contributed by atoms with Gasteiger partial charge in [0.05, 0.1) is 11.3 Å². The highest BCUT2D eigenvalue weighted by molar-refractivity contribution is 5.84. The van der Waals surface area contributed by atoms with E-state index in [1.165, 1.54) is 12.1 Å². The number of hydrogen-bond donors (Lipinski definition) is 1. The normalized spacial score (nSPS) is 23.7. The van der Waals surface area contributed by atoms with Crippen molar-refractivity contribution >= 4 is 11.9 Å². The molecule has 1 N–H and O–H groups in total. The van der Waals surface area contributed by atoms with Gasteiger partial charge in [-0.15, -0.1) is 0 Å². The first-order chi connectivity index (χ1) is 9.83. The number of carbonyl (C=O) groups excluding carboxylic acids is 1. The van der Waals surface area contributed by atoms with Crippen LogP contribution in [0.1, 0.15) is 38.2 Å². The van der Waals surface area contributed by atoms with Gasteiger partial charge in [0, 0.05) is 13.1 Å². The summed E-state index contributed by atoms with van der Waals surface area (Å²) in [7, 11) is 0. The van der Waals surface area contributed by atoms with Gasteiger partial charge in [-0.25, -0.2) is 4.39 Å². The molecule has 0 radical (unpaired) electrons. The summed E-state index contributed by atoms with van der Waals surface area (Å²) in [5.41, 5.74) is -0.280. The molecule has 1 saturated heterocycles. The number of rotatable bonds is 3. The van der Waals surface area contributed by atoms with Gasteiger partial charge in [0.15, 0.2) is 0 Å². The molecule has 1 fully saturated rings. The number of likely N-dealkylation sites (tertiary alicyclic amines) is 1. The molecule has 0 aliphatic carbocycles. The van der Waals surface area contributed by atoms with Gasteiger partial charge in [0.25, 0.3) is 0 Å². The van der Waals surface area contributed by atoms with Crippen LogP contribution in [0.3, 0.4) is 0 Å². The molecule has 1 amide bonds. The quantitative estimate of drug-likeness (QED) is 0.932. The van der Waals surface area contributed by atoms with Crippen molar-refractivity contribution in [1.82, 2.24) is 4.90 Å². The summed E-state index contributed by atoms with van der Waals surface area (Å²) >= 11 is 0. The number of amides is 1. The lowest BCUT2D eigenvalue weighted by Gasteiger charge is -2.38. The summed E-state index contributed by atoms with van der Waals surface area (Å²) in [6.45, 7) is 4.16. The fourth-order valence-electron chi connectivity index (χ4n) is 2.79. The number of benzene rings is 1. The van der Waals surface area contributed by atoms with Crippen LogP contribution in [-0.2, 0) is 9.59 Å². The van der Waals surface area contributed by atoms with Crippen molar-refractivity contribution in [2.45, 2.75) is 32.6 Å². The van der Waals surface area contributed by atoms with Gasteiger partial charge in [0.1, 0.15) is 5.82 Å². The second-order valence-electron chi connectivity index (χ2n) is 6.01. The molecule has 21 heavy (non-hydrogen) atoms. The third-order valence-electron chi connectivity index (χ3n) is 4.24. The topological polar surface area (TPSA) is 57.6 Å². The number of piperidine rings is 1. The molecular weight excluding hydrogens is 273 g/mol. The van der Waals surface area contributed by atoms with Crippen LogP contribution < -0.4 is 0 Å². The van der Waals surface area contributed by atoms with Crippen molar-refractivity contribution in [3.05, 3.63) is 35.6 Å². The van der Waals surface area contributed by atoms with Crippen LogP contribution >= 0.6 is 0 Å². The molecule has 2 rings (SSSR count). The first kappa shape index (κ1) is 15.5. The van der Waals surface area contributed by atoms with E-state index in [0.717, 1.165) is 0 Å². The molecule has 114 valence electrons. The lowest BCUT2D eigenvalue weighted by Crippen LogP contribution is -2.49. The summed E-state index contributed by atoms with van der Waals surface area (Å²) in [5.74, 6) is -1.87. The maximum absolute atomic E-state index is 13.3. The highest BCUT2D eigenvalue weighted by Gasteiger charge is 2.40. The van der Waals surface area contributed by atoms with Crippen LogP contribution in [0, 0.1) is 11.2 Å². The highest BCUT2D eigenvalue weighted by atomic mass is 19.1. The SMILES string of the molecule is CC(C(=O)N1CCCC(C)(C(=O)O)C1)c1cccc(F)c1. The Hall–Kier alpha value is -1.91. The molecule has 0 saturated carbocycles. The van der Waals surface area contributed by atoms with Crippen molar-refractivity contribution in [3.8, 4) is 0 Å². The van der Waals surface area contributed by atoms with E-state index in [4.69, 9.17) is 0 Å². The Morgan fingerprint density at radius 3 is 2.76 bits per heavy atom. The minimum absolute atomic E-state index is 0.146. The van der Waals surface area contributed by atoms with E-state index in [-0.39, 0.29) is 18.3 Å². The van der Waals surface area contributed by atoms with Gasteiger partial charge < -0.3 is 10.0 Å². The number of halogens is 1. The van der Waals surface area contributed by atoms with Gasteiger partial charge in [-0.05, 0) is 44.4 Å². The smallest absolute Gasteiger partial charge is 0.311 e. The molecule has 2 atom stereocenters. The molecule has 0 aromatic heterocycles. The van der Waals surface area contributed by atoms with Crippen molar-refractivity contribution in [2.75, 3.05) is 13.1 Å². The molecular formula is C16H20FNO3. The summed E-state index contributed by atoms with van der Waals surface area (Å²) in [4.78, 5) is 25.5. The Morgan fingerprint density at radius 1 is 1.43 bits per heavy atom.